The van der Waals surface area contributed by atoms with Crippen LogP contribution in [0.3, 0.4) is 0 Å². The van der Waals surface area contributed by atoms with Crippen LogP contribution in [0.5, 0.6) is 0 Å². The Bertz CT molecular complexity index is 546. The fourth-order valence-electron chi connectivity index (χ4n) is 3.01. The van der Waals surface area contributed by atoms with Gasteiger partial charge in [0.1, 0.15) is 0 Å². The molecule has 1 aliphatic rings. The summed E-state index contributed by atoms with van der Waals surface area (Å²) in [6.45, 7) is 3.17. The number of thioether (sulfide) groups is 1. The average molecular weight is 301 g/mol. The molecule has 1 fully saturated rings. The van der Waals surface area contributed by atoms with Crippen LogP contribution in [0.1, 0.15) is 37.9 Å². The molecule has 21 heavy (non-hydrogen) atoms. The van der Waals surface area contributed by atoms with Crippen LogP contribution in [0, 0.1) is 0 Å². The summed E-state index contributed by atoms with van der Waals surface area (Å²) >= 11 is 2.11. The van der Waals surface area contributed by atoms with E-state index in [4.69, 9.17) is 0 Å². The van der Waals surface area contributed by atoms with Crippen LogP contribution in [0.15, 0.2) is 42.6 Å². The second-order valence-electron chi connectivity index (χ2n) is 5.44. The Labute approximate surface area is 131 Å². The molecule has 0 bridgehead atoms. The van der Waals surface area contributed by atoms with Crippen LogP contribution in [-0.2, 0) is 0 Å². The molecule has 2 atom stereocenters. The Morgan fingerprint density at radius 1 is 1.29 bits per heavy atom. The van der Waals surface area contributed by atoms with Gasteiger partial charge in [-0.05, 0) is 43.3 Å². The molecule has 0 aliphatic carbocycles. The van der Waals surface area contributed by atoms with Crippen molar-refractivity contribution in [1.29, 1.82) is 0 Å². The van der Waals surface area contributed by atoms with Gasteiger partial charge in [0.25, 0.3) is 0 Å². The van der Waals surface area contributed by atoms with Gasteiger partial charge in [0.2, 0.25) is 0 Å². The summed E-state index contributed by atoms with van der Waals surface area (Å²) in [4.78, 5) is 0. The molecule has 0 radical (unpaired) electrons. The van der Waals surface area contributed by atoms with Crippen LogP contribution in [0.2, 0.25) is 0 Å². The Balaban J connectivity index is 1.91. The summed E-state index contributed by atoms with van der Waals surface area (Å²) < 4.78 is 2.09. The summed E-state index contributed by atoms with van der Waals surface area (Å²) in [5.74, 6) is 1.28. The summed E-state index contributed by atoms with van der Waals surface area (Å²) in [5.41, 5.74) is 2.42. The van der Waals surface area contributed by atoms with Gasteiger partial charge in [0, 0.05) is 11.4 Å². The summed E-state index contributed by atoms with van der Waals surface area (Å²) in [7, 11) is 0. The zero-order valence-corrected chi connectivity index (χ0v) is 13.4. The first-order valence-corrected chi connectivity index (χ1v) is 8.89. The number of para-hydroxylation sites is 1. The summed E-state index contributed by atoms with van der Waals surface area (Å²) in [6.07, 6.45) is 5.92. The lowest BCUT2D eigenvalue weighted by molar-refractivity contribution is 0.472. The molecule has 0 saturated carbocycles. The standard InChI is InChI=1S/C17H23N3S/c1-2-18-17(16-10-6-7-13-21-16)15-11-12-19-20(15)14-8-4-3-5-9-14/h3-5,8-9,11-12,16-18H,2,6-7,10,13H2,1H3. The normalized spacial score (nSPS) is 20.3. The maximum Gasteiger partial charge on any atom is 0.0649 e. The number of nitrogens with one attached hydrogen (secondary N) is 1. The van der Waals surface area contributed by atoms with E-state index in [0.717, 1.165) is 12.2 Å². The number of aromatic nitrogens is 2. The monoisotopic (exact) mass is 301 g/mol. The second kappa shape index (κ2) is 7.14. The van der Waals surface area contributed by atoms with Crippen molar-refractivity contribution in [1.82, 2.24) is 15.1 Å². The molecule has 1 aromatic carbocycles. The minimum Gasteiger partial charge on any atom is -0.308 e. The molecule has 0 spiro atoms. The van der Waals surface area contributed by atoms with Gasteiger partial charge >= 0.3 is 0 Å². The molecule has 2 unspecified atom stereocenters. The number of hydrogen-bond acceptors (Lipinski definition) is 3. The Hall–Kier alpha value is -1.26. The number of hydrogen-bond donors (Lipinski definition) is 1. The van der Waals surface area contributed by atoms with Gasteiger partial charge in [-0.15, -0.1) is 0 Å². The van der Waals surface area contributed by atoms with Crippen molar-refractivity contribution >= 4 is 11.8 Å². The zero-order valence-electron chi connectivity index (χ0n) is 12.5. The highest BCUT2D eigenvalue weighted by Crippen LogP contribution is 2.35. The number of benzene rings is 1. The van der Waals surface area contributed by atoms with Crippen molar-refractivity contribution in [3.05, 3.63) is 48.3 Å². The lowest BCUT2D eigenvalue weighted by atomic mass is 10.0. The summed E-state index contributed by atoms with van der Waals surface area (Å²) in [6, 6.07) is 13.0. The largest absolute Gasteiger partial charge is 0.308 e. The first-order valence-electron chi connectivity index (χ1n) is 7.84. The highest BCUT2D eigenvalue weighted by molar-refractivity contribution is 8.00. The molecule has 1 aromatic heterocycles. The molecule has 2 heterocycles. The highest BCUT2D eigenvalue weighted by Gasteiger charge is 2.27. The van der Waals surface area contributed by atoms with Gasteiger partial charge < -0.3 is 5.32 Å². The Morgan fingerprint density at radius 3 is 2.86 bits per heavy atom. The van der Waals surface area contributed by atoms with Gasteiger partial charge in [0.15, 0.2) is 0 Å². The predicted molar refractivity (Wildman–Crippen MR) is 90.1 cm³/mol. The smallest absolute Gasteiger partial charge is 0.0649 e. The third-order valence-corrected chi connectivity index (χ3v) is 5.46. The van der Waals surface area contributed by atoms with E-state index in [2.05, 4.69) is 64.1 Å². The molecule has 1 N–H and O–H groups in total. The van der Waals surface area contributed by atoms with Crippen molar-refractivity contribution in [3.8, 4) is 5.69 Å². The Morgan fingerprint density at radius 2 is 2.14 bits per heavy atom. The molecule has 4 heteroatoms. The van der Waals surface area contributed by atoms with E-state index in [1.54, 1.807) is 0 Å². The van der Waals surface area contributed by atoms with E-state index in [1.807, 2.05) is 12.3 Å². The Kier molecular flexibility index (Phi) is 4.99. The van der Waals surface area contributed by atoms with Gasteiger partial charge in [-0.2, -0.15) is 16.9 Å². The van der Waals surface area contributed by atoms with Crippen molar-refractivity contribution in [2.45, 2.75) is 37.5 Å². The van der Waals surface area contributed by atoms with Crippen molar-refractivity contribution in [2.75, 3.05) is 12.3 Å². The molecule has 2 aromatic rings. The minimum absolute atomic E-state index is 0.378. The van der Waals surface area contributed by atoms with E-state index in [-0.39, 0.29) is 0 Å². The molecule has 112 valence electrons. The first-order chi connectivity index (χ1) is 10.4. The van der Waals surface area contributed by atoms with Gasteiger partial charge in [-0.1, -0.05) is 31.5 Å². The van der Waals surface area contributed by atoms with Crippen LogP contribution < -0.4 is 5.32 Å². The number of rotatable bonds is 5. The topological polar surface area (TPSA) is 29.9 Å². The minimum atomic E-state index is 0.378. The van der Waals surface area contributed by atoms with E-state index in [1.165, 1.54) is 30.7 Å². The molecular weight excluding hydrogens is 278 g/mol. The van der Waals surface area contributed by atoms with Gasteiger partial charge in [0.05, 0.1) is 17.4 Å². The highest BCUT2D eigenvalue weighted by atomic mass is 32.2. The lowest BCUT2D eigenvalue weighted by Crippen LogP contribution is -2.33. The van der Waals surface area contributed by atoms with Crippen LogP contribution in [-0.4, -0.2) is 27.3 Å². The third kappa shape index (κ3) is 3.33. The van der Waals surface area contributed by atoms with Crippen LogP contribution >= 0.6 is 11.8 Å². The molecular formula is C17H23N3S. The molecule has 3 nitrogen and oxygen atoms in total. The fourth-order valence-corrected chi connectivity index (χ4v) is 4.44. The predicted octanol–water partition coefficient (Wildman–Crippen LogP) is 3.81. The maximum atomic E-state index is 4.55. The first kappa shape index (κ1) is 14.7. The zero-order chi connectivity index (χ0) is 14.5. The second-order valence-corrected chi connectivity index (χ2v) is 6.79. The van der Waals surface area contributed by atoms with Gasteiger partial charge in [-0.3, -0.25) is 0 Å². The SMILES string of the molecule is CCNC(c1ccnn1-c1ccccc1)C1CCCCS1. The lowest BCUT2D eigenvalue weighted by Gasteiger charge is -2.30. The maximum absolute atomic E-state index is 4.55. The molecule has 0 amide bonds. The van der Waals surface area contributed by atoms with Crippen LogP contribution in [0.4, 0.5) is 0 Å². The molecule has 1 saturated heterocycles. The number of nitrogens with zero attached hydrogens (tertiary/aromatic N) is 2. The molecule has 3 rings (SSSR count). The van der Waals surface area contributed by atoms with E-state index in [9.17, 15) is 0 Å². The van der Waals surface area contributed by atoms with E-state index < -0.39 is 0 Å². The van der Waals surface area contributed by atoms with Crippen molar-refractivity contribution in [3.63, 3.8) is 0 Å². The quantitative estimate of drug-likeness (QED) is 0.911. The van der Waals surface area contributed by atoms with Crippen LogP contribution in [0.25, 0.3) is 5.69 Å². The fraction of sp³-hybridized carbons (Fsp3) is 0.471. The third-order valence-electron chi connectivity index (χ3n) is 4.00. The van der Waals surface area contributed by atoms with E-state index >= 15 is 0 Å². The van der Waals surface area contributed by atoms with Gasteiger partial charge in [-0.25, -0.2) is 4.68 Å². The summed E-state index contributed by atoms with van der Waals surface area (Å²) in [5, 5.41) is 8.89. The molecule has 1 aliphatic heterocycles. The van der Waals surface area contributed by atoms with Crippen molar-refractivity contribution < 1.29 is 0 Å². The van der Waals surface area contributed by atoms with E-state index in [0.29, 0.717) is 11.3 Å². The average Bonchev–Trinajstić information content (AvgIpc) is 3.03. The van der Waals surface area contributed by atoms with Crippen molar-refractivity contribution in [2.24, 2.45) is 0 Å².